The van der Waals surface area contributed by atoms with Crippen LogP contribution in [0.5, 0.6) is 11.5 Å². The summed E-state index contributed by atoms with van der Waals surface area (Å²) in [6, 6.07) is 15.7. The maximum absolute atomic E-state index is 13.1. The minimum Gasteiger partial charge on any atom is -0.454 e. The van der Waals surface area contributed by atoms with Crippen molar-refractivity contribution in [3.63, 3.8) is 0 Å². The summed E-state index contributed by atoms with van der Waals surface area (Å²) in [5, 5.41) is 5.05. The van der Waals surface area contributed by atoms with Crippen LogP contribution in [0.25, 0.3) is 33.1 Å². The Morgan fingerprint density at radius 2 is 1.88 bits per heavy atom. The van der Waals surface area contributed by atoms with Crippen LogP contribution in [0.3, 0.4) is 0 Å². The number of H-pyrrole nitrogens is 1. The lowest BCUT2D eigenvalue weighted by atomic mass is 10.1. The van der Waals surface area contributed by atoms with Gasteiger partial charge in [-0.25, -0.2) is 4.98 Å². The average molecular weight is 444 g/mol. The van der Waals surface area contributed by atoms with Gasteiger partial charge >= 0.3 is 0 Å². The second-order valence-electron chi connectivity index (χ2n) is 8.23. The molecule has 4 aromatic rings. The van der Waals surface area contributed by atoms with E-state index in [-0.39, 0.29) is 12.7 Å². The van der Waals surface area contributed by atoms with Crippen LogP contribution in [0.4, 0.5) is 0 Å². The maximum atomic E-state index is 13.1. The molecule has 0 atom stereocenters. The number of rotatable bonds is 5. The number of amides is 1. The normalized spacial score (nSPS) is 15.9. The van der Waals surface area contributed by atoms with Gasteiger partial charge in [-0.15, -0.1) is 0 Å². The van der Waals surface area contributed by atoms with Crippen molar-refractivity contribution in [3.05, 3.63) is 54.2 Å². The molecule has 2 N–H and O–H groups in total. The fourth-order valence-electron chi connectivity index (χ4n) is 4.46. The van der Waals surface area contributed by atoms with Crippen molar-refractivity contribution in [2.45, 2.75) is 0 Å². The summed E-state index contributed by atoms with van der Waals surface area (Å²) < 4.78 is 16.4. The molecule has 2 aliphatic rings. The number of morpholine rings is 1. The molecule has 2 aliphatic heterocycles. The maximum Gasteiger partial charge on any atom is 0.269 e. The largest absolute Gasteiger partial charge is 0.454 e. The SMILES string of the molecule is O=C(NCCN1CCOCC1)c1cc2c([nH]c3ccccc32)c(-c2ccc3c(c2)OCO3)n1. The number of hydrogen-bond donors (Lipinski definition) is 2. The van der Waals surface area contributed by atoms with E-state index in [1.165, 1.54) is 0 Å². The van der Waals surface area contributed by atoms with Gasteiger partial charge in [-0.05, 0) is 30.3 Å². The van der Waals surface area contributed by atoms with Gasteiger partial charge in [0.2, 0.25) is 6.79 Å². The van der Waals surface area contributed by atoms with E-state index in [0.29, 0.717) is 29.4 Å². The lowest BCUT2D eigenvalue weighted by Crippen LogP contribution is -2.41. The Kier molecular flexibility index (Phi) is 5.09. The van der Waals surface area contributed by atoms with Crippen molar-refractivity contribution in [1.29, 1.82) is 0 Å². The third-order valence-electron chi connectivity index (χ3n) is 6.19. The van der Waals surface area contributed by atoms with Crippen LogP contribution in [0.15, 0.2) is 48.5 Å². The molecule has 1 saturated heterocycles. The van der Waals surface area contributed by atoms with Gasteiger partial charge in [0, 0.05) is 48.0 Å². The number of nitrogens with one attached hydrogen (secondary N) is 2. The monoisotopic (exact) mass is 444 g/mol. The molecule has 168 valence electrons. The number of aromatic nitrogens is 2. The smallest absolute Gasteiger partial charge is 0.269 e. The lowest BCUT2D eigenvalue weighted by molar-refractivity contribution is 0.0383. The van der Waals surface area contributed by atoms with Crippen LogP contribution >= 0.6 is 0 Å². The molecule has 0 saturated carbocycles. The predicted molar refractivity (Wildman–Crippen MR) is 125 cm³/mol. The first-order valence-corrected chi connectivity index (χ1v) is 11.2. The minimum absolute atomic E-state index is 0.183. The summed E-state index contributed by atoms with van der Waals surface area (Å²) in [5.74, 6) is 1.21. The Hall–Kier alpha value is -3.62. The van der Waals surface area contributed by atoms with Crippen molar-refractivity contribution < 1.29 is 19.0 Å². The van der Waals surface area contributed by atoms with Gasteiger partial charge in [0.05, 0.1) is 24.4 Å². The molecule has 8 nitrogen and oxygen atoms in total. The Morgan fingerprint density at radius 3 is 2.79 bits per heavy atom. The van der Waals surface area contributed by atoms with Gasteiger partial charge in [0.15, 0.2) is 11.5 Å². The van der Waals surface area contributed by atoms with E-state index < -0.39 is 0 Å². The van der Waals surface area contributed by atoms with Crippen LogP contribution in [0.2, 0.25) is 0 Å². The fraction of sp³-hybridized carbons (Fsp3) is 0.280. The summed E-state index contributed by atoms with van der Waals surface area (Å²) >= 11 is 0. The highest BCUT2D eigenvalue weighted by Crippen LogP contribution is 2.38. The average Bonchev–Trinajstić information content (AvgIpc) is 3.48. The Morgan fingerprint density at radius 1 is 1.03 bits per heavy atom. The molecular weight excluding hydrogens is 420 g/mol. The van der Waals surface area contributed by atoms with E-state index in [9.17, 15) is 4.79 Å². The third kappa shape index (κ3) is 3.77. The van der Waals surface area contributed by atoms with Gasteiger partial charge in [-0.2, -0.15) is 0 Å². The van der Waals surface area contributed by atoms with Crippen molar-refractivity contribution in [1.82, 2.24) is 20.2 Å². The lowest BCUT2D eigenvalue weighted by Gasteiger charge is -2.26. The standard InChI is InChI=1S/C25H24N4O4/c30-25(26-7-8-29-9-11-31-12-10-29)20-14-18-17-3-1-2-4-19(17)27-24(18)23(28-20)16-5-6-21-22(13-16)33-15-32-21/h1-6,13-14,27H,7-12,15H2,(H,26,30). The summed E-state index contributed by atoms with van der Waals surface area (Å²) in [5.41, 5.74) is 3.85. The molecule has 6 rings (SSSR count). The van der Waals surface area contributed by atoms with E-state index >= 15 is 0 Å². The topological polar surface area (TPSA) is 88.7 Å². The summed E-state index contributed by atoms with van der Waals surface area (Å²) in [7, 11) is 0. The van der Waals surface area contributed by atoms with Gasteiger partial charge in [0.1, 0.15) is 5.69 Å². The van der Waals surface area contributed by atoms with Crippen molar-refractivity contribution in [2.24, 2.45) is 0 Å². The molecule has 1 fully saturated rings. The molecule has 1 amide bonds. The first kappa shape index (κ1) is 20.0. The highest BCUT2D eigenvalue weighted by Gasteiger charge is 2.20. The highest BCUT2D eigenvalue weighted by molar-refractivity contribution is 6.13. The van der Waals surface area contributed by atoms with E-state index in [4.69, 9.17) is 19.2 Å². The number of para-hydroxylation sites is 1. The Balaban J connectivity index is 1.37. The van der Waals surface area contributed by atoms with Gasteiger partial charge < -0.3 is 24.5 Å². The first-order chi connectivity index (χ1) is 16.3. The number of carbonyl (C=O) groups excluding carboxylic acids is 1. The summed E-state index contributed by atoms with van der Waals surface area (Å²) in [4.78, 5) is 23.6. The molecule has 2 aromatic carbocycles. The van der Waals surface area contributed by atoms with Gasteiger partial charge in [-0.3, -0.25) is 9.69 Å². The second kappa shape index (κ2) is 8.38. The van der Waals surface area contributed by atoms with E-state index in [2.05, 4.69) is 21.3 Å². The molecule has 0 spiro atoms. The van der Waals surface area contributed by atoms with Crippen LogP contribution in [0.1, 0.15) is 10.5 Å². The second-order valence-corrected chi connectivity index (χ2v) is 8.23. The molecule has 8 heteroatoms. The third-order valence-corrected chi connectivity index (χ3v) is 6.19. The van der Waals surface area contributed by atoms with E-state index in [1.54, 1.807) is 0 Å². The van der Waals surface area contributed by atoms with Crippen molar-refractivity contribution in [2.75, 3.05) is 46.2 Å². The first-order valence-electron chi connectivity index (χ1n) is 11.2. The number of fused-ring (bicyclic) bond motifs is 4. The number of nitrogens with zero attached hydrogens (tertiary/aromatic N) is 2. The van der Waals surface area contributed by atoms with Crippen LogP contribution in [-0.4, -0.2) is 67.0 Å². The Bertz CT molecular complexity index is 1340. The molecule has 0 aliphatic carbocycles. The quantitative estimate of drug-likeness (QED) is 0.492. The highest BCUT2D eigenvalue weighted by atomic mass is 16.7. The number of benzene rings is 2. The zero-order valence-corrected chi connectivity index (χ0v) is 18.1. The summed E-state index contributed by atoms with van der Waals surface area (Å²) in [6.45, 7) is 4.83. The molecular formula is C25H24N4O4. The molecule has 0 radical (unpaired) electrons. The van der Waals surface area contributed by atoms with E-state index in [1.807, 2.05) is 42.5 Å². The number of pyridine rings is 1. The molecule has 33 heavy (non-hydrogen) atoms. The molecule has 2 aromatic heterocycles. The number of hydrogen-bond acceptors (Lipinski definition) is 6. The zero-order chi connectivity index (χ0) is 22.2. The van der Waals surface area contributed by atoms with Crippen LogP contribution in [-0.2, 0) is 4.74 Å². The fourth-order valence-corrected chi connectivity index (χ4v) is 4.46. The number of aromatic amines is 1. The zero-order valence-electron chi connectivity index (χ0n) is 18.1. The number of carbonyl (C=O) groups is 1. The van der Waals surface area contributed by atoms with Crippen molar-refractivity contribution in [3.8, 4) is 22.8 Å². The predicted octanol–water partition coefficient (Wildman–Crippen LogP) is 3.17. The Labute approximate surface area is 190 Å². The molecule has 0 bridgehead atoms. The number of ether oxygens (including phenoxy) is 3. The minimum atomic E-state index is -0.183. The van der Waals surface area contributed by atoms with E-state index in [0.717, 1.165) is 60.2 Å². The molecule has 4 heterocycles. The van der Waals surface area contributed by atoms with Gasteiger partial charge in [0.25, 0.3) is 5.91 Å². The van der Waals surface area contributed by atoms with Crippen LogP contribution in [0, 0.1) is 0 Å². The van der Waals surface area contributed by atoms with Crippen LogP contribution < -0.4 is 14.8 Å². The van der Waals surface area contributed by atoms with Crippen molar-refractivity contribution >= 4 is 27.7 Å². The molecule has 0 unspecified atom stereocenters. The summed E-state index contributed by atoms with van der Waals surface area (Å²) in [6.07, 6.45) is 0. The van der Waals surface area contributed by atoms with Gasteiger partial charge in [-0.1, -0.05) is 18.2 Å².